The Morgan fingerprint density at radius 3 is 2.73 bits per heavy atom. The Morgan fingerprint density at radius 2 is 2.10 bits per heavy atom. The van der Waals surface area contributed by atoms with Crippen molar-refractivity contribution in [3.05, 3.63) is 59.1 Å². The zero-order chi connectivity index (χ0) is 21.9. The van der Waals surface area contributed by atoms with Gasteiger partial charge in [0.05, 0.1) is 26.0 Å². The highest BCUT2D eigenvalue weighted by Gasteiger charge is 2.22. The van der Waals surface area contributed by atoms with Gasteiger partial charge in [-0.25, -0.2) is 4.57 Å². The first-order valence-corrected chi connectivity index (χ1v) is 12.3. The molecule has 2 heterocycles. The lowest BCUT2D eigenvalue weighted by Crippen LogP contribution is -2.32. The molecule has 0 fully saturated rings. The Bertz CT molecular complexity index is 899. The highest BCUT2D eigenvalue weighted by atomic mass is 31.1. The zero-order valence-electron chi connectivity index (χ0n) is 19.2. The van der Waals surface area contributed by atoms with Gasteiger partial charge in [0.2, 0.25) is 5.82 Å². The SMILES string of the molecule is C=C/C(=C\C=C(/CCOC)OCC)Nc1ccp2c(CCCC)c(CC)[n+](C)c2n1. The number of ether oxygens (including phenoxy) is 2. The van der Waals surface area contributed by atoms with Crippen molar-refractivity contribution < 1.29 is 14.0 Å². The molecule has 164 valence electrons. The maximum absolute atomic E-state index is 5.68. The normalized spacial score (nSPS) is 13.0. The number of aromatic nitrogens is 2. The standard InChI is InChI=1S/C24H36N3O2P/c1-7-11-12-22-21(9-3)27(5)24-26-23(16-18-30(22)24)25-19(8-2)13-14-20(29-10-4)15-17-28-6/h8,13-14,16,18H,2,7,9-12,15,17H2,1,3-6H3/p+1/b19-13+,20-14+. The van der Waals surface area contributed by atoms with E-state index in [-0.39, 0.29) is 0 Å². The molecule has 0 aromatic carbocycles. The van der Waals surface area contributed by atoms with Gasteiger partial charge in [0, 0.05) is 44.3 Å². The summed E-state index contributed by atoms with van der Waals surface area (Å²) in [4.78, 5) is 4.97. The molecule has 5 nitrogen and oxygen atoms in total. The molecule has 0 bridgehead atoms. The number of nitrogens with one attached hydrogen (secondary N) is 1. The number of hydrogen-bond acceptors (Lipinski definition) is 4. The average Bonchev–Trinajstić information content (AvgIpc) is 3.03. The van der Waals surface area contributed by atoms with E-state index < -0.39 is 7.34 Å². The fourth-order valence-corrected chi connectivity index (χ4v) is 6.00. The van der Waals surface area contributed by atoms with E-state index in [0.717, 1.165) is 30.1 Å². The maximum atomic E-state index is 5.68. The molecule has 0 saturated heterocycles. The molecule has 0 spiro atoms. The first-order valence-electron chi connectivity index (χ1n) is 10.9. The van der Waals surface area contributed by atoms with E-state index in [9.17, 15) is 0 Å². The smallest absolute Gasteiger partial charge is 0.346 e. The number of unbranched alkanes of at least 4 members (excludes halogenated alkanes) is 1. The molecule has 1 N–H and O–H groups in total. The van der Waals surface area contributed by atoms with Gasteiger partial charge >= 0.3 is 5.38 Å². The quantitative estimate of drug-likeness (QED) is 0.252. The number of rotatable bonds is 13. The molecular weight excluding hydrogens is 393 g/mol. The molecule has 0 aliphatic carbocycles. The highest BCUT2D eigenvalue weighted by Crippen LogP contribution is 2.37. The second-order valence-corrected chi connectivity index (χ2v) is 9.13. The van der Waals surface area contributed by atoms with Crippen LogP contribution < -0.4 is 9.88 Å². The van der Waals surface area contributed by atoms with Crippen LogP contribution in [-0.2, 0) is 29.4 Å². The summed E-state index contributed by atoms with van der Waals surface area (Å²) in [6.07, 6.45) is 11.2. The average molecular weight is 431 g/mol. The first kappa shape index (κ1) is 24.2. The van der Waals surface area contributed by atoms with Gasteiger partial charge in [0.15, 0.2) is 0 Å². The monoisotopic (exact) mass is 430 g/mol. The van der Waals surface area contributed by atoms with Crippen LogP contribution in [0.25, 0.3) is 5.38 Å². The Kier molecular flexibility index (Phi) is 10.1. The fraction of sp³-hybridized carbons (Fsp3) is 0.500. The van der Waals surface area contributed by atoms with Crippen molar-refractivity contribution >= 4 is 18.5 Å². The van der Waals surface area contributed by atoms with Crippen LogP contribution in [-0.4, -0.2) is 25.3 Å². The summed E-state index contributed by atoms with van der Waals surface area (Å²) in [5.74, 6) is 4.08. The molecule has 2 aromatic rings. The molecule has 0 aliphatic rings. The molecule has 0 saturated carbocycles. The second-order valence-electron chi connectivity index (χ2n) is 7.15. The number of nitrogens with zero attached hydrogens (tertiary/aromatic N) is 2. The molecule has 0 radical (unpaired) electrons. The molecule has 6 heteroatoms. The van der Waals surface area contributed by atoms with Gasteiger partial charge in [-0.3, -0.25) is 0 Å². The highest BCUT2D eigenvalue weighted by molar-refractivity contribution is 7.50. The van der Waals surface area contributed by atoms with Crippen LogP contribution in [0.5, 0.6) is 0 Å². The van der Waals surface area contributed by atoms with Crippen molar-refractivity contribution in [2.45, 2.75) is 52.9 Å². The second kappa shape index (κ2) is 12.6. The maximum Gasteiger partial charge on any atom is 0.346 e. The van der Waals surface area contributed by atoms with Crippen LogP contribution >= 0.6 is 7.34 Å². The van der Waals surface area contributed by atoms with Crippen molar-refractivity contribution in [2.75, 3.05) is 25.6 Å². The van der Waals surface area contributed by atoms with E-state index in [1.807, 2.05) is 19.1 Å². The van der Waals surface area contributed by atoms with Gasteiger partial charge in [-0.05, 0) is 48.8 Å². The topological polar surface area (TPSA) is 47.3 Å². The molecular formula is C24H37N3O2P+. The van der Waals surface area contributed by atoms with Crippen LogP contribution in [0.4, 0.5) is 5.82 Å². The van der Waals surface area contributed by atoms with E-state index in [2.05, 4.69) is 49.2 Å². The molecule has 30 heavy (non-hydrogen) atoms. The summed E-state index contributed by atoms with van der Waals surface area (Å²) < 4.78 is 13.1. The lowest BCUT2D eigenvalue weighted by atomic mass is 10.2. The minimum atomic E-state index is -0.442. The van der Waals surface area contributed by atoms with E-state index in [4.69, 9.17) is 14.5 Å². The van der Waals surface area contributed by atoms with Crippen molar-refractivity contribution in [3.63, 3.8) is 0 Å². The third-order valence-corrected chi connectivity index (χ3v) is 7.41. The summed E-state index contributed by atoms with van der Waals surface area (Å²) in [6, 6.07) is 2.11. The van der Waals surface area contributed by atoms with Gasteiger partial charge < -0.3 is 14.8 Å². The van der Waals surface area contributed by atoms with Gasteiger partial charge in [-0.2, -0.15) is 0 Å². The predicted octanol–water partition coefficient (Wildman–Crippen LogP) is 5.69. The Balaban J connectivity index is 2.31. The number of allylic oxidation sites excluding steroid dienone is 3. The predicted molar refractivity (Wildman–Crippen MR) is 127 cm³/mol. The number of fused-ring (bicyclic) bond motifs is 1. The van der Waals surface area contributed by atoms with Crippen LogP contribution in [0, 0.1) is 0 Å². The lowest BCUT2D eigenvalue weighted by Gasteiger charge is -2.07. The van der Waals surface area contributed by atoms with E-state index in [1.165, 1.54) is 30.3 Å². The van der Waals surface area contributed by atoms with Crippen molar-refractivity contribution in [2.24, 2.45) is 7.05 Å². The first-order chi connectivity index (χ1) is 14.6. The number of aryl methyl sites for hydroxylation is 2. The lowest BCUT2D eigenvalue weighted by molar-refractivity contribution is -0.651. The van der Waals surface area contributed by atoms with Gasteiger partial charge in [-0.15, -0.1) is 0 Å². The number of anilines is 1. The Labute approximate surface area is 182 Å². The molecule has 0 aliphatic heterocycles. The molecule has 2 aromatic heterocycles. The van der Waals surface area contributed by atoms with Crippen molar-refractivity contribution in [3.8, 4) is 0 Å². The third kappa shape index (κ3) is 6.20. The third-order valence-electron chi connectivity index (χ3n) is 5.07. The minimum Gasteiger partial charge on any atom is -0.498 e. The zero-order valence-corrected chi connectivity index (χ0v) is 20.1. The fourth-order valence-electron chi connectivity index (χ4n) is 3.51. The van der Waals surface area contributed by atoms with Crippen LogP contribution in [0.15, 0.2) is 48.1 Å². The summed E-state index contributed by atoms with van der Waals surface area (Å²) in [5.41, 5.74) is 2.33. The summed E-state index contributed by atoms with van der Waals surface area (Å²) in [7, 11) is 3.41. The Morgan fingerprint density at radius 1 is 1.30 bits per heavy atom. The largest absolute Gasteiger partial charge is 0.498 e. The van der Waals surface area contributed by atoms with Gasteiger partial charge in [-0.1, -0.05) is 26.8 Å². The molecule has 0 amide bonds. The van der Waals surface area contributed by atoms with Crippen molar-refractivity contribution in [1.29, 1.82) is 0 Å². The molecule has 2 rings (SSSR count). The summed E-state index contributed by atoms with van der Waals surface area (Å²) in [5, 5.41) is 6.17. The van der Waals surface area contributed by atoms with Gasteiger partial charge in [0.25, 0.3) is 0 Å². The van der Waals surface area contributed by atoms with Crippen LogP contribution in [0.2, 0.25) is 0 Å². The van der Waals surface area contributed by atoms with Gasteiger partial charge in [0.1, 0.15) is 5.69 Å². The number of methoxy groups -OCH3 is 1. The van der Waals surface area contributed by atoms with E-state index in [0.29, 0.717) is 13.2 Å². The molecule has 1 unspecified atom stereocenters. The Hall–Kier alpha value is -2.10. The summed E-state index contributed by atoms with van der Waals surface area (Å²) >= 11 is 0. The minimum absolute atomic E-state index is 0.442. The van der Waals surface area contributed by atoms with E-state index in [1.54, 1.807) is 18.5 Å². The molecule has 1 atom stereocenters. The van der Waals surface area contributed by atoms with Crippen LogP contribution in [0.1, 0.15) is 51.0 Å². The van der Waals surface area contributed by atoms with Crippen molar-refractivity contribution in [1.82, 2.24) is 4.98 Å². The van der Waals surface area contributed by atoms with E-state index >= 15 is 0 Å². The van der Waals surface area contributed by atoms with Crippen LogP contribution in [0.3, 0.4) is 0 Å². The summed E-state index contributed by atoms with van der Waals surface area (Å²) in [6.45, 7) is 11.7. The number of hydrogen-bond donors (Lipinski definition) is 1.